The van der Waals surface area contributed by atoms with Crippen molar-refractivity contribution in [3.8, 4) is 11.4 Å². The first-order valence-electron chi connectivity index (χ1n) is 8.07. The minimum absolute atomic E-state index is 0.0195. The van der Waals surface area contributed by atoms with Crippen molar-refractivity contribution in [1.29, 1.82) is 0 Å². The van der Waals surface area contributed by atoms with E-state index in [1.807, 2.05) is 13.8 Å². The summed E-state index contributed by atoms with van der Waals surface area (Å²) in [6.07, 6.45) is 0.0639. The largest absolute Gasteiger partial charge is 0.372 e. The van der Waals surface area contributed by atoms with E-state index in [1.165, 1.54) is 16.4 Å². The van der Waals surface area contributed by atoms with E-state index in [0.29, 0.717) is 39.7 Å². The monoisotopic (exact) mass is 415 g/mol. The third-order valence-electron chi connectivity index (χ3n) is 3.93. The molecule has 0 bridgehead atoms. The summed E-state index contributed by atoms with van der Waals surface area (Å²) < 4.78 is 6.98. The molecular weight excluding hydrogens is 397 g/mol. The summed E-state index contributed by atoms with van der Waals surface area (Å²) in [6.45, 7) is 5.10. The third-order valence-corrected chi connectivity index (χ3v) is 5.41. The van der Waals surface area contributed by atoms with Gasteiger partial charge in [0.05, 0.1) is 23.0 Å². The number of ether oxygens (including phenoxy) is 1. The van der Waals surface area contributed by atoms with Crippen LogP contribution in [0.2, 0.25) is 10.0 Å². The van der Waals surface area contributed by atoms with Gasteiger partial charge < -0.3 is 15.5 Å². The summed E-state index contributed by atoms with van der Waals surface area (Å²) in [5, 5.41) is 9.55. The Hall–Kier alpha value is -1.48. The summed E-state index contributed by atoms with van der Waals surface area (Å²) in [5.74, 6) is 6.74. The minimum atomic E-state index is 0.0195. The van der Waals surface area contributed by atoms with Crippen LogP contribution in [0.5, 0.6) is 0 Å². The molecule has 1 aromatic heterocycles. The van der Waals surface area contributed by atoms with Gasteiger partial charge in [-0.05, 0) is 32.0 Å². The lowest BCUT2D eigenvalue weighted by atomic mass is 10.2. The number of morpholine rings is 1. The third kappa shape index (κ3) is 4.25. The number of thioether (sulfide) groups is 1. The minimum Gasteiger partial charge on any atom is -0.372 e. The summed E-state index contributed by atoms with van der Waals surface area (Å²) in [6, 6.07) is 5.05. The van der Waals surface area contributed by atoms with Crippen LogP contribution in [0.3, 0.4) is 0 Å². The van der Waals surface area contributed by atoms with Gasteiger partial charge in [-0.3, -0.25) is 4.79 Å². The maximum atomic E-state index is 12.5. The number of halogens is 2. The Kier molecular flexibility index (Phi) is 5.96. The maximum Gasteiger partial charge on any atom is 0.233 e. The number of carbonyl (C=O) groups excluding carboxylic acids is 1. The van der Waals surface area contributed by atoms with Gasteiger partial charge in [0.25, 0.3) is 0 Å². The van der Waals surface area contributed by atoms with Crippen LogP contribution in [0.25, 0.3) is 11.4 Å². The molecule has 3 rings (SSSR count). The summed E-state index contributed by atoms with van der Waals surface area (Å²) in [7, 11) is 0. The Balaban J connectivity index is 1.68. The molecule has 1 aromatic carbocycles. The predicted octanol–water partition coefficient (Wildman–Crippen LogP) is 2.69. The van der Waals surface area contributed by atoms with Crippen molar-refractivity contribution in [3.05, 3.63) is 28.2 Å². The summed E-state index contributed by atoms with van der Waals surface area (Å²) in [5.41, 5.74) is 0.625. The van der Waals surface area contributed by atoms with Crippen molar-refractivity contribution in [3.63, 3.8) is 0 Å². The van der Waals surface area contributed by atoms with E-state index in [-0.39, 0.29) is 23.9 Å². The highest BCUT2D eigenvalue weighted by atomic mass is 35.5. The van der Waals surface area contributed by atoms with Crippen molar-refractivity contribution < 1.29 is 9.53 Å². The molecule has 0 unspecified atom stereocenters. The molecule has 26 heavy (non-hydrogen) atoms. The van der Waals surface area contributed by atoms with Crippen molar-refractivity contribution in [2.75, 3.05) is 24.7 Å². The lowest BCUT2D eigenvalue weighted by molar-refractivity contribution is -0.140. The second kappa shape index (κ2) is 8.04. The highest BCUT2D eigenvalue weighted by Gasteiger charge is 2.26. The number of aromatic nitrogens is 3. The van der Waals surface area contributed by atoms with E-state index in [0.717, 1.165) is 0 Å². The van der Waals surface area contributed by atoms with Gasteiger partial charge in [-0.25, -0.2) is 4.68 Å². The van der Waals surface area contributed by atoms with E-state index >= 15 is 0 Å². The van der Waals surface area contributed by atoms with E-state index in [1.54, 1.807) is 23.1 Å². The molecule has 2 N–H and O–H groups in total. The normalized spacial score (nSPS) is 20.4. The van der Waals surface area contributed by atoms with Crippen LogP contribution in [-0.2, 0) is 9.53 Å². The maximum absolute atomic E-state index is 12.5. The molecular formula is C16H19Cl2N5O2S. The molecule has 0 saturated carbocycles. The molecule has 0 radical (unpaired) electrons. The molecule has 1 aliphatic heterocycles. The smallest absolute Gasteiger partial charge is 0.233 e. The molecule has 1 aliphatic rings. The van der Waals surface area contributed by atoms with Crippen LogP contribution >= 0.6 is 35.0 Å². The zero-order valence-electron chi connectivity index (χ0n) is 14.4. The molecule has 1 fully saturated rings. The molecule has 1 amide bonds. The zero-order valence-corrected chi connectivity index (χ0v) is 16.7. The van der Waals surface area contributed by atoms with Gasteiger partial charge in [-0.2, -0.15) is 0 Å². The van der Waals surface area contributed by atoms with E-state index in [4.69, 9.17) is 33.8 Å². The lowest BCUT2D eigenvalue weighted by Crippen LogP contribution is -2.48. The second-order valence-electron chi connectivity index (χ2n) is 6.15. The van der Waals surface area contributed by atoms with Crippen LogP contribution < -0.4 is 5.84 Å². The Morgan fingerprint density at radius 1 is 1.31 bits per heavy atom. The van der Waals surface area contributed by atoms with Crippen molar-refractivity contribution >= 4 is 40.9 Å². The van der Waals surface area contributed by atoms with E-state index < -0.39 is 0 Å². The molecule has 2 aromatic rings. The number of benzene rings is 1. The van der Waals surface area contributed by atoms with E-state index in [9.17, 15) is 4.79 Å². The highest BCUT2D eigenvalue weighted by Crippen LogP contribution is 2.30. The van der Waals surface area contributed by atoms with Gasteiger partial charge in [0.15, 0.2) is 5.82 Å². The topological polar surface area (TPSA) is 86.3 Å². The first kappa shape index (κ1) is 19.3. The van der Waals surface area contributed by atoms with Crippen molar-refractivity contribution in [2.24, 2.45) is 0 Å². The van der Waals surface area contributed by atoms with Crippen LogP contribution in [0.15, 0.2) is 23.4 Å². The Morgan fingerprint density at radius 3 is 2.65 bits per heavy atom. The standard InChI is InChI=1S/C16H19Cl2N5O2S/c1-9-6-22(7-10(2)25-9)14(24)8-26-16-21-20-15(23(16)19)12-4-3-11(17)5-13(12)18/h3-5,9-10H,6-8,19H2,1-2H3/t9-,10-/m1/s1. The van der Waals surface area contributed by atoms with Crippen LogP contribution in [0.1, 0.15) is 13.8 Å². The molecule has 0 aliphatic carbocycles. The fraction of sp³-hybridized carbons (Fsp3) is 0.438. The van der Waals surface area contributed by atoms with Gasteiger partial charge in [-0.15, -0.1) is 10.2 Å². The summed E-state index contributed by atoms with van der Waals surface area (Å²) in [4.78, 5) is 14.3. The van der Waals surface area contributed by atoms with Gasteiger partial charge in [-0.1, -0.05) is 35.0 Å². The number of nitrogens with zero attached hydrogens (tertiary/aromatic N) is 4. The predicted molar refractivity (Wildman–Crippen MR) is 103 cm³/mol. The molecule has 2 atom stereocenters. The Labute approximate surface area is 165 Å². The first-order valence-corrected chi connectivity index (χ1v) is 9.81. The van der Waals surface area contributed by atoms with Gasteiger partial charge >= 0.3 is 0 Å². The summed E-state index contributed by atoms with van der Waals surface area (Å²) >= 11 is 13.4. The van der Waals surface area contributed by atoms with Gasteiger partial charge in [0, 0.05) is 23.7 Å². The van der Waals surface area contributed by atoms with Gasteiger partial charge in [0.2, 0.25) is 11.1 Å². The van der Waals surface area contributed by atoms with Crippen LogP contribution in [-0.4, -0.2) is 56.7 Å². The SMILES string of the molecule is C[C@@H]1CN(C(=O)CSc2nnc(-c3ccc(Cl)cc3Cl)n2N)C[C@@H](C)O1. The molecule has 0 spiro atoms. The number of amides is 1. The van der Waals surface area contributed by atoms with Crippen LogP contribution in [0, 0.1) is 0 Å². The molecule has 10 heteroatoms. The Morgan fingerprint density at radius 2 is 2.00 bits per heavy atom. The van der Waals surface area contributed by atoms with Crippen molar-refractivity contribution in [2.45, 2.75) is 31.2 Å². The van der Waals surface area contributed by atoms with Crippen LogP contribution in [0.4, 0.5) is 0 Å². The van der Waals surface area contributed by atoms with E-state index in [2.05, 4.69) is 10.2 Å². The molecule has 1 saturated heterocycles. The molecule has 7 nitrogen and oxygen atoms in total. The molecule has 140 valence electrons. The van der Waals surface area contributed by atoms with Gasteiger partial charge in [0.1, 0.15) is 0 Å². The number of rotatable bonds is 4. The Bertz CT molecular complexity index is 806. The second-order valence-corrected chi connectivity index (χ2v) is 7.93. The first-order chi connectivity index (χ1) is 12.3. The average molecular weight is 416 g/mol. The number of hydrogen-bond acceptors (Lipinski definition) is 6. The lowest BCUT2D eigenvalue weighted by Gasteiger charge is -2.35. The fourth-order valence-corrected chi connectivity index (χ4v) is 4.08. The fourth-order valence-electron chi connectivity index (χ4n) is 2.83. The number of nitrogens with two attached hydrogens (primary N) is 1. The molecule has 2 heterocycles. The highest BCUT2D eigenvalue weighted by molar-refractivity contribution is 7.99. The number of carbonyl (C=O) groups is 1. The van der Waals surface area contributed by atoms with Crippen molar-refractivity contribution in [1.82, 2.24) is 19.8 Å². The zero-order chi connectivity index (χ0) is 18.8. The quantitative estimate of drug-likeness (QED) is 0.609. The average Bonchev–Trinajstić information content (AvgIpc) is 2.92. The number of nitrogen functional groups attached to an aromatic ring is 1. The number of hydrogen-bond donors (Lipinski definition) is 1.